The van der Waals surface area contributed by atoms with Gasteiger partial charge in [0.15, 0.2) is 0 Å². The molecule has 0 atom stereocenters. The van der Waals surface area contributed by atoms with Gasteiger partial charge in [0.2, 0.25) is 0 Å². The van der Waals surface area contributed by atoms with E-state index in [9.17, 15) is 18.0 Å². The Bertz CT molecular complexity index is 824. The third-order valence-electron chi connectivity index (χ3n) is 4.61. The highest BCUT2D eigenvalue weighted by molar-refractivity contribution is 7.13. The van der Waals surface area contributed by atoms with Gasteiger partial charge < -0.3 is 9.80 Å². The van der Waals surface area contributed by atoms with E-state index in [0.717, 1.165) is 16.8 Å². The molecule has 4 nitrogen and oxygen atoms in total. The van der Waals surface area contributed by atoms with Crippen LogP contribution in [0.15, 0.2) is 24.3 Å². The van der Waals surface area contributed by atoms with Gasteiger partial charge in [0.25, 0.3) is 5.91 Å². The molecule has 27 heavy (non-hydrogen) atoms. The number of anilines is 1. The van der Waals surface area contributed by atoms with Crippen molar-refractivity contribution in [3.63, 3.8) is 0 Å². The number of carbonyl (C=O) groups excluding carboxylic acids is 1. The molecule has 2 heterocycles. The van der Waals surface area contributed by atoms with Crippen molar-refractivity contribution in [2.24, 2.45) is 0 Å². The Morgan fingerprint density at radius 3 is 2.41 bits per heavy atom. The minimum Gasteiger partial charge on any atom is -0.368 e. The molecule has 1 amide bonds. The number of thiazole rings is 1. The van der Waals surface area contributed by atoms with Crippen LogP contribution >= 0.6 is 11.3 Å². The maximum atomic E-state index is 12.9. The Kier molecular flexibility index (Phi) is 5.46. The van der Waals surface area contributed by atoms with Gasteiger partial charge in [-0.3, -0.25) is 4.79 Å². The van der Waals surface area contributed by atoms with E-state index in [0.29, 0.717) is 36.7 Å². The summed E-state index contributed by atoms with van der Waals surface area (Å²) >= 11 is 1.43. The maximum absolute atomic E-state index is 12.9. The van der Waals surface area contributed by atoms with Crippen LogP contribution in [0.4, 0.5) is 18.9 Å². The summed E-state index contributed by atoms with van der Waals surface area (Å²) < 4.78 is 38.7. The molecule has 0 radical (unpaired) electrons. The zero-order valence-corrected chi connectivity index (χ0v) is 16.3. The third-order valence-corrected chi connectivity index (χ3v) is 6.05. The zero-order chi connectivity index (χ0) is 19.8. The SMILES string of the molecule is Cc1nc(C(C)C)sc1C(=O)N1CCN(c2cccc(C(F)(F)F)c2)CC1. The van der Waals surface area contributed by atoms with Crippen LogP contribution < -0.4 is 4.90 Å². The van der Waals surface area contributed by atoms with Crippen molar-refractivity contribution in [2.75, 3.05) is 31.1 Å². The van der Waals surface area contributed by atoms with Crippen molar-refractivity contribution < 1.29 is 18.0 Å². The van der Waals surface area contributed by atoms with E-state index in [1.54, 1.807) is 11.0 Å². The van der Waals surface area contributed by atoms with Crippen LogP contribution in [-0.2, 0) is 6.18 Å². The second-order valence-corrected chi connectivity index (χ2v) is 7.98. The number of alkyl halides is 3. The highest BCUT2D eigenvalue weighted by Gasteiger charge is 2.31. The molecule has 1 aromatic heterocycles. The van der Waals surface area contributed by atoms with Crippen molar-refractivity contribution in [3.8, 4) is 0 Å². The normalized spacial score (nSPS) is 15.5. The molecular weight excluding hydrogens is 375 g/mol. The number of aryl methyl sites for hydroxylation is 1. The number of rotatable bonds is 3. The van der Waals surface area contributed by atoms with Gasteiger partial charge in [0, 0.05) is 37.8 Å². The van der Waals surface area contributed by atoms with Crippen molar-refractivity contribution >= 4 is 22.9 Å². The predicted octanol–water partition coefficient (Wildman–Crippen LogP) is 4.56. The molecule has 1 aliphatic heterocycles. The zero-order valence-electron chi connectivity index (χ0n) is 15.5. The quantitative estimate of drug-likeness (QED) is 0.762. The Hall–Kier alpha value is -2.09. The van der Waals surface area contributed by atoms with Crippen LogP contribution in [-0.4, -0.2) is 42.0 Å². The molecule has 146 valence electrons. The average Bonchev–Trinajstić information content (AvgIpc) is 3.03. The monoisotopic (exact) mass is 397 g/mol. The highest BCUT2D eigenvalue weighted by Crippen LogP contribution is 2.32. The number of benzene rings is 1. The number of halogens is 3. The van der Waals surface area contributed by atoms with E-state index in [1.807, 2.05) is 25.7 Å². The van der Waals surface area contributed by atoms with E-state index in [2.05, 4.69) is 4.98 Å². The first-order valence-electron chi connectivity index (χ1n) is 8.85. The van der Waals surface area contributed by atoms with Crippen LogP contribution in [0, 0.1) is 6.92 Å². The fourth-order valence-corrected chi connectivity index (χ4v) is 4.09. The van der Waals surface area contributed by atoms with Crippen molar-refractivity contribution in [1.82, 2.24) is 9.88 Å². The summed E-state index contributed by atoms with van der Waals surface area (Å²) in [7, 11) is 0. The second kappa shape index (κ2) is 7.50. The molecule has 0 spiro atoms. The van der Waals surface area contributed by atoms with E-state index >= 15 is 0 Å². The van der Waals surface area contributed by atoms with Gasteiger partial charge in [-0.2, -0.15) is 13.2 Å². The van der Waals surface area contributed by atoms with Crippen molar-refractivity contribution in [1.29, 1.82) is 0 Å². The number of hydrogen-bond donors (Lipinski definition) is 0. The van der Waals surface area contributed by atoms with E-state index in [4.69, 9.17) is 0 Å². The highest BCUT2D eigenvalue weighted by atomic mass is 32.1. The Morgan fingerprint density at radius 1 is 1.19 bits per heavy atom. The number of amides is 1. The first-order chi connectivity index (χ1) is 12.7. The molecule has 8 heteroatoms. The van der Waals surface area contributed by atoms with Gasteiger partial charge >= 0.3 is 6.18 Å². The Morgan fingerprint density at radius 2 is 1.85 bits per heavy atom. The Balaban J connectivity index is 1.68. The number of nitrogens with zero attached hydrogens (tertiary/aromatic N) is 3. The summed E-state index contributed by atoms with van der Waals surface area (Å²) in [6.07, 6.45) is -4.36. The fraction of sp³-hybridized carbons (Fsp3) is 0.474. The summed E-state index contributed by atoms with van der Waals surface area (Å²) in [4.78, 5) is 21.6. The topological polar surface area (TPSA) is 36.4 Å². The minimum atomic E-state index is -4.36. The van der Waals surface area contributed by atoms with Crippen LogP contribution in [0.2, 0.25) is 0 Å². The van der Waals surface area contributed by atoms with Crippen molar-refractivity contribution in [3.05, 3.63) is 45.4 Å². The van der Waals surface area contributed by atoms with Crippen LogP contribution in [0.25, 0.3) is 0 Å². The standard InChI is InChI=1S/C19H22F3N3OS/c1-12(2)17-23-13(3)16(27-17)18(26)25-9-7-24(8-10-25)15-6-4-5-14(11-15)19(20,21)22/h4-6,11-12H,7-10H2,1-3H3. The molecule has 0 saturated carbocycles. The molecule has 0 N–H and O–H groups in total. The molecule has 3 rings (SSSR count). The molecular formula is C19H22F3N3OS. The molecule has 0 bridgehead atoms. The molecule has 1 aromatic carbocycles. The molecule has 1 fully saturated rings. The summed E-state index contributed by atoms with van der Waals surface area (Å²) in [5.74, 6) is 0.230. The summed E-state index contributed by atoms with van der Waals surface area (Å²) in [6, 6.07) is 5.33. The smallest absolute Gasteiger partial charge is 0.368 e. The first kappa shape index (κ1) is 19.7. The lowest BCUT2D eigenvalue weighted by molar-refractivity contribution is -0.137. The fourth-order valence-electron chi connectivity index (χ4n) is 3.05. The minimum absolute atomic E-state index is 0.0411. The third kappa shape index (κ3) is 4.26. The van der Waals surface area contributed by atoms with Gasteiger partial charge in [-0.1, -0.05) is 19.9 Å². The van der Waals surface area contributed by atoms with Gasteiger partial charge in [-0.05, 0) is 25.1 Å². The number of carbonyl (C=O) groups is 1. The van der Waals surface area contributed by atoms with Crippen LogP contribution in [0.5, 0.6) is 0 Å². The van der Waals surface area contributed by atoms with E-state index in [-0.39, 0.29) is 11.8 Å². The van der Waals surface area contributed by atoms with Gasteiger partial charge in [0.05, 0.1) is 16.3 Å². The maximum Gasteiger partial charge on any atom is 0.416 e. The average molecular weight is 397 g/mol. The summed E-state index contributed by atoms with van der Waals surface area (Å²) in [5.41, 5.74) is 0.627. The Labute approximate surface area is 160 Å². The van der Waals surface area contributed by atoms with E-state index in [1.165, 1.54) is 23.5 Å². The largest absolute Gasteiger partial charge is 0.416 e. The second-order valence-electron chi connectivity index (χ2n) is 6.95. The lowest BCUT2D eigenvalue weighted by Gasteiger charge is -2.36. The number of aromatic nitrogens is 1. The molecule has 0 aliphatic carbocycles. The molecule has 1 aliphatic rings. The van der Waals surface area contributed by atoms with Gasteiger partial charge in [-0.15, -0.1) is 11.3 Å². The van der Waals surface area contributed by atoms with Crippen molar-refractivity contribution in [2.45, 2.75) is 32.9 Å². The van der Waals surface area contributed by atoms with Gasteiger partial charge in [0.1, 0.15) is 4.88 Å². The van der Waals surface area contributed by atoms with Crippen LogP contribution in [0.1, 0.15) is 45.7 Å². The first-order valence-corrected chi connectivity index (χ1v) is 9.67. The lowest BCUT2D eigenvalue weighted by atomic mass is 10.1. The summed E-state index contributed by atoms with van der Waals surface area (Å²) in [6.45, 7) is 7.88. The number of piperazine rings is 1. The van der Waals surface area contributed by atoms with Gasteiger partial charge in [-0.25, -0.2) is 4.98 Å². The molecule has 0 unspecified atom stereocenters. The summed E-state index contributed by atoms with van der Waals surface area (Å²) in [5, 5.41) is 0.943. The predicted molar refractivity (Wildman–Crippen MR) is 101 cm³/mol. The molecule has 1 saturated heterocycles. The number of hydrogen-bond acceptors (Lipinski definition) is 4. The molecule has 2 aromatic rings. The van der Waals surface area contributed by atoms with Crippen LogP contribution in [0.3, 0.4) is 0 Å². The van der Waals surface area contributed by atoms with E-state index < -0.39 is 11.7 Å². The lowest BCUT2D eigenvalue weighted by Crippen LogP contribution is -2.48.